The minimum absolute atomic E-state index is 0.270. The van der Waals surface area contributed by atoms with Gasteiger partial charge in [-0.05, 0) is 54.3 Å². The van der Waals surface area contributed by atoms with Crippen molar-refractivity contribution in [2.24, 2.45) is 0 Å². The molecular formula is C17H18OS2. The third-order valence-corrected chi connectivity index (χ3v) is 6.17. The van der Waals surface area contributed by atoms with E-state index in [9.17, 15) is 4.79 Å². The van der Waals surface area contributed by atoms with Crippen LogP contribution in [0.15, 0.2) is 24.3 Å². The normalized spacial score (nSPS) is 14.1. The second-order valence-electron chi connectivity index (χ2n) is 5.33. The van der Waals surface area contributed by atoms with Gasteiger partial charge in [-0.25, -0.2) is 0 Å². The van der Waals surface area contributed by atoms with Crippen molar-refractivity contribution in [2.75, 3.05) is 5.75 Å². The van der Waals surface area contributed by atoms with Gasteiger partial charge >= 0.3 is 0 Å². The highest BCUT2D eigenvalue weighted by molar-refractivity contribution is 7.98. The summed E-state index contributed by atoms with van der Waals surface area (Å²) in [5, 5.41) is 0. The molecule has 0 aliphatic carbocycles. The number of ketones is 1. The van der Waals surface area contributed by atoms with Gasteiger partial charge in [0.05, 0.1) is 4.88 Å². The summed E-state index contributed by atoms with van der Waals surface area (Å²) in [5.41, 5.74) is 5.01. The minimum Gasteiger partial charge on any atom is -0.293 e. The standard InChI is InChI=1S/C17H18OS2/c1-11-4-3-5-12(2)14(11)9-15(18)17-8-13-10-19-7-6-16(13)20-17/h3-5,8H,6-7,9-10H2,1-2H3. The Morgan fingerprint density at radius 1 is 1.25 bits per heavy atom. The zero-order valence-electron chi connectivity index (χ0n) is 11.9. The zero-order valence-corrected chi connectivity index (χ0v) is 13.5. The van der Waals surface area contributed by atoms with Gasteiger partial charge in [-0.3, -0.25) is 4.79 Å². The topological polar surface area (TPSA) is 17.1 Å². The van der Waals surface area contributed by atoms with Crippen LogP contribution in [0.4, 0.5) is 0 Å². The summed E-state index contributed by atoms with van der Waals surface area (Å²) in [7, 11) is 0. The number of fused-ring (bicyclic) bond motifs is 1. The van der Waals surface area contributed by atoms with Crippen molar-refractivity contribution < 1.29 is 4.79 Å². The van der Waals surface area contributed by atoms with E-state index in [-0.39, 0.29) is 5.78 Å². The highest BCUT2D eigenvalue weighted by Crippen LogP contribution is 2.32. The fraction of sp³-hybridized carbons (Fsp3) is 0.353. The predicted molar refractivity (Wildman–Crippen MR) is 88.1 cm³/mol. The van der Waals surface area contributed by atoms with Gasteiger partial charge in [-0.15, -0.1) is 11.3 Å². The molecule has 1 nitrogen and oxygen atoms in total. The van der Waals surface area contributed by atoms with Crippen molar-refractivity contribution in [2.45, 2.75) is 32.4 Å². The Morgan fingerprint density at radius 3 is 2.70 bits per heavy atom. The lowest BCUT2D eigenvalue weighted by molar-refractivity contribution is 0.0996. The monoisotopic (exact) mass is 302 g/mol. The smallest absolute Gasteiger partial charge is 0.177 e. The molecule has 0 atom stereocenters. The number of hydrogen-bond acceptors (Lipinski definition) is 3. The minimum atomic E-state index is 0.270. The molecule has 0 unspecified atom stereocenters. The van der Waals surface area contributed by atoms with E-state index in [1.807, 2.05) is 11.8 Å². The van der Waals surface area contributed by atoms with Crippen LogP contribution < -0.4 is 0 Å². The van der Waals surface area contributed by atoms with Crippen LogP contribution >= 0.6 is 23.1 Å². The Bertz CT molecular complexity index is 611. The van der Waals surface area contributed by atoms with Gasteiger partial charge in [-0.1, -0.05) is 18.2 Å². The van der Waals surface area contributed by atoms with Crippen molar-refractivity contribution in [1.29, 1.82) is 0 Å². The average molecular weight is 302 g/mol. The fourth-order valence-corrected chi connectivity index (χ4v) is 4.97. The van der Waals surface area contributed by atoms with Crippen molar-refractivity contribution in [3.8, 4) is 0 Å². The van der Waals surface area contributed by atoms with Crippen LogP contribution in [0.3, 0.4) is 0 Å². The van der Waals surface area contributed by atoms with Crippen LogP contribution in [0.2, 0.25) is 0 Å². The molecule has 2 aromatic rings. The number of carbonyl (C=O) groups excluding carboxylic acids is 1. The molecule has 2 heterocycles. The first-order valence-electron chi connectivity index (χ1n) is 6.93. The lowest BCUT2D eigenvalue weighted by Gasteiger charge is -2.08. The van der Waals surface area contributed by atoms with E-state index in [2.05, 4.69) is 38.1 Å². The number of hydrogen-bond donors (Lipinski definition) is 0. The number of carbonyl (C=O) groups is 1. The summed E-state index contributed by atoms with van der Waals surface area (Å²) in [4.78, 5) is 14.9. The van der Waals surface area contributed by atoms with Gasteiger partial charge in [0.25, 0.3) is 0 Å². The number of thiophene rings is 1. The van der Waals surface area contributed by atoms with E-state index < -0.39 is 0 Å². The molecule has 0 bridgehead atoms. The van der Waals surface area contributed by atoms with Crippen molar-refractivity contribution in [3.05, 3.63) is 56.3 Å². The molecule has 1 aromatic heterocycles. The Morgan fingerprint density at radius 2 is 2.00 bits per heavy atom. The van der Waals surface area contributed by atoms with Crippen LogP contribution in [-0.4, -0.2) is 11.5 Å². The largest absolute Gasteiger partial charge is 0.293 e. The molecule has 104 valence electrons. The summed E-state index contributed by atoms with van der Waals surface area (Å²) in [6, 6.07) is 8.36. The van der Waals surface area contributed by atoms with Crippen LogP contribution in [0.5, 0.6) is 0 Å². The molecule has 0 amide bonds. The first kappa shape index (κ1) is 13.9. The number of Topliss-reactive ketones (excluding diaryl/α,β-unsaturated/α-hetero) is 1. The predicted octanol–water partition coefficient (Wildman–Crippen LogP) is 4.58. The lowest BCUT2D eigenvalue weighted by atomic mass is 9.97. The summed E-state index contributed by atoms with van der Waals surface area (Å²) in [5.74, 6) is 2.53. The Balaban J connectivity index is 1.84. The third-order valence-electron chi connectivity index (χ3n) is 3.88. The van der Waals surface area contributed by atoms with Gasteiger partial charge in [0.15, 0.2) is 5.78 Å². The van der Waals surface area contributed by atoms with E-state index in [4.69, 9.17) is 0 Å². The van der Waals surface area contributed by atoms with Crippen LogP contribution in [0, 0.1) is 13.8 Å². The molecule has 0 radical (unpaired) electrons. The van der Waals surface area contributed by atoms with Crippen LogP contribution in [0.1, 0.15) is 36.8 Å². The molecule has 20 heavy (non-hydrogen) atoms. The van der Waals surface area contributed by atoms with E-state index >= 15 is 0 Å². The molecule has 3 rings (SSSR count). The fourth-order valence-electron chi connectivity index (χ4n) is 2.66. The van der Waals surface area contributed by atoms with Crippen molar-refractivity contribution >= 4 is 28.9 Å². The summed E-state index contributed by atoms with van der Waals surface area (Å²) >= 11 is 3.68. The number of rotatable bonds is 3. The maximum atomic E-state index is 12.5. The van der Waals surface area contributed by atoms with Gasteiger partial charge in [0, 0.05) is 17.1 Å². The molecular weight excluding hydrogens is 284 g/mol. The summed E-state index contributed by atoms with van der Waals surface area (Å²) < 4.78 is 0. The van der Waals surface area contributed by atoms with E-state index in [1.54, 1.807) is 11.3 Å². The average Bonchev–Trinajstić information content (AvgIpc) is 2.87. The molecule has 0 N–H and O–H groups in total. The summed E-state index contributed by atoms with van der Waals surface area (Å²) in [6.07, 6.45) is 1.66. The molecule has 1 aromatic carbocycles. The second kappa shape index (κ2) is 5.74. The first-order chi connectivity index (χ1) is 9.65. The van der Waals surface area contributed by atoms with E-state index in [0.29, 0.717) is 6.42 Å². The van der Waals surface area contributed by atoms with Gasteiger partial charge in [0.2, 0.25) is 0 Å². The van der Waals surface area contributed by atoms with Gasteiger partial charge < -0.3 is 0 Å². The quantitative estimate of drug-likeness (QED) is 0.772. The SMILES string of the molecule is Cc1cccc(C)c1CC(=O)c1cc2c(s1)CCSC2. The maximum Gasteiger partial charge on any atom is 0.177 e. The maximum absolute atomic E-state index is 12.5. The molecule has 0 saturated heterocycles. The van der Waals surface area contributed by atoms with Crippen molar-refractivity contribution in [1.82, 2.24) is 0 Å². The van der Waals surface area contributed by atoms with Crippen molar-refractivity contribution in [3.63, 3.8) is 0 Å². The van der Waals surface area contributed by atoms with Crippen LogP contribution in [-0.2, 0) is 18.6 Å². The lowest BCUT2D eigenvalue weighted by Crippen LogP contribution is -2.04. The molecule has 1 aliphatic heterocycles. The number of thioether (sulfide) groups is 1. The molecule has 0 spiro atoms. The molecule has 1 aliphatic rings. The third kappa shape index (κ3) is 2.70. The Hall–Kier alpha value is -1.06. The molecule has 0 saturated carbocycles. The van der Waals surface area contributed by atoms with E-state index in [1.165, 1.54) is 32.9 Å². The Labute approximate surface area is 128 Å². The first-order valence-corrected chi connectivity index (χ1v) is 8.90. The molecule has 3 heteroatoms. The van der Waals surface area contributed by atoms with E-state index in [0.717, 1.165) is 17.1 Å². The Kier molecular flexibility index (Phi) is 3.99. The number of benzene rings is 1. The zero-order chi connectivity index (χ0) is 14.1. The number of aryl methyl sites for hydroxylation is 3. The molecule has 0 fully saturated rings. The second-order valence-corrected chi connectivity index (χ2v) is 7.57. The summed E-state index contributed by atoms with van der Waals surface area (Å²) in [6.45, 7) is 4.18. The highest BCUT2D eigenvalue weighted by atomic mass is 32.2. The highest BCUT2D eigenvalue weighted by Gasteiger charge is 2.18. The van der Waals surface area contributed by atoms with Gasteiger partial charge in [0.1, 0.15) is 0 Å². The van der Waals surface area contributed by atoms with Gasteiger partial charge in [-0.2, -0.15) is 11.8 Å². The van der Waals surface area contributed by atoms with Crippen LogP contribution in [0.25, 0.3) is 0 Å².